The molecule has 1 aromatic carbocycles. The number of nitrogens with one attached hydrogen (secondary N) is 1. The summed E-state index contributed by atoms with van der Waals surface area (Å²) in [7, 11) is 2.19. The van der Waals surface area contributed by atoms with Gasteiger partial charge in [0.25, 0.3) is 0 Å². The van der Waals surface area contributed by atoms with Crippen LogP contribution in [0.5, 0.6) is 0 Å². The van der Waals surface area contributed by atoms with E-state index < -0.39 is 0 Å². The molecule has 0 aromatic heterocycles. The van der Waals surface area contributed by atoms with Crippen LogP contribution in [-0.2, 0) is 11.3 Å². The third-order valence-corrected chi connectivity index (χ3v) is 5.04. The second-order valence-corrected chi connectivity index (χ2v) is 6.87. The van der Waals surface area contributed by atoms with E-state index in [2.05, 4.69) is 47.3 Å². The van der Waals surface area contributed by atoms with Gasteiger partial charge >= 0.3 is 0 Å². The van der Waals surface area contributed by atoms with Crippen LogP contribution in [0.3, 0.4) is 0 Å². The molecule has 1 N–H and O–H groups in total. The van der Waals surface area contributed by atoms with Crippen LogP contribution in [0, 0.1) is 6.92 Å². The Balaban J connectivity index is 1.53. The lowest BCUT2D eigenvalue weighted by Gasteiger charge is -2.27. The van der Waals surface area contributed by atoms with Gasteiger partial charge in [0.2, 0.25) is 5.91 Å². The van der Waals surface area contributed by atoms with E-state index in [-0.39, 0.29) is 5.91 Å². The minimum atomic E-state index is 0.156. The quantitative estimate of drug-likeness (QED) is 0.921. The molecule has 0 radical (unpaired) electrons. The highest BCUT2D eigenvalue weighted by atomic mass is 16.2. The molecule has 2 saturated heterocycles. The Bertz CT molecular complexity index is 531. The van der Waals surface area contributed by atoms with Crippen molar-refractivity contribution in [2.75, 3.05) is 26.7 Å². The molecular weight excluding hydrogens is 274 g/mol. The molecule has 2 heterocycles. The fourth-order valence-electron chi connectivity index (χ4n) is 3.84. The summed E-state index contributed by atoms with van der Waals surface area (Å²) in [5.41, 5.74) is 2.41. The fourth-order valence-corrected chi connectivity index (χ4v) is 3.84. The number of fused-ring (bicyclic) bond motifs is 2. The molecule has 120 valence electrons. The van der Waals surface area contributed by atoms with Gasteiger partial charge in [-0.05, 0) is 45.3 Å². The molecule has 2 aliphatic rings. The van der Waals surface area contributed by atoms with Crippen LogP contribution >= 0.6 is 0 Å². The Hall–Kier alpha value is -1.39. The number of likely N-dealkylation sites (tertiary alicyclic amines) is 1. The van der Waals surface area contributed by atoms with Gasteiger partial charge in [0.05, 0.1) is 6.54 Å². The Labute approximate surface area is 133 Å². The summed E-state index contributed by atoms with van der Waals surface area (Å²) in [6.07, 6.45) is 3.68. The molecule has 4 nitrogen and oxygen atoms in total. The van der Waals surface area contributed by atoms with Gasteiger partial charge < -0.3 is 10.2 Å². The predicted molar refractivity (Wildman–Crippen MR) is 88.7 cm³/mol. The highest BCUT2D eigenvalue weighted by molar-refractivity contribution is 5.78. The summed E-state index contributed by atoms with van der Waals surface area (Å²) in [6, 6.07) is 9.48. The lowest BCUT2D eigenvalue weighted by Crippen LogP contribution is -2.44. The van der Waals surface area contributed by atoms with Crippen molar-refractivity contribution in [3.8, 4) is 0 Å². The normalized spacial score (nSPS) is 25.9. The zero-order valence-electron chi connectivity index (χ0n) is 13.7. The minimum Gasteiger partial charge on any atom is -0.351 e. The number of carbonyl (C=O) groups excluding carboxylic acids is 1. The lowest BCUT2D eigenvalue weighted by atomic mass is 10.1. The first-order valence-corrected chi connectivity index (χ1v) is 8.38. The monoisotopic (exact) mass is 301 g/mol. The summed E-state index contributed by atoms with van der Waals surface area (Å²) < 4.78 is 0. The number of aryl methyl sites for hydroxylation is 1. The molecule has 2 fully saturated rings. The van der Waals surface area contributed by atoms with E-state index in [4.69, 9.17) is 0 Å². The second-order valence-electron chi connectivity index (χ2n) is 6.87. The van der Waals surface area contributed by atoms with Crippen LogP contribution in [0.25, 0.3) is 0 Å². The van der Waals surface area contributed by atoms with E-state index in [0.717, 1.165) is 13.1 Å². The maximum absolute atomic E-state index is 12.3. The maximum atomic E-state index is 12.3. The van der Waals surface area contributed by atoms with E-state index in [0.29, 0.717) is 25.2 Å². The number of carbonyl (C=O) groups is 1. The molecular formula is C18H27N3O. The topological polar surface area (TPSA) is 35.6 Å². The van der Waals surface area contributed by atoms with Crippen LogP contribution in [0.15, 0.2) is 24.3 Å². The average molecular weight is 301 g/mol. The van der Waals surface area contributed by atoms with Gasteiger partial charge in [-0.3, -0.25) is 9.69 Å². The Morgan fingerprint density at radius 2 is 2.09 bits per heavy atom. The molecule has 2 aliphatic heterocycles. The molecule has 0 aliphatic carbocycles. The number of amides is 1. The van der Waals surface area contributed by atoms with Gasteiger partial charge in [-0.25, -0.2) is 0 Å². The summed E-state index contributed by atoms with van der Waals surface area (Å²) in [6.45, 7) is 5.51. The van der Waals surface area contributed by atoms with Crippen LogP contribution in [0.4, 0.5) is 0 Å². The number of hydrogen-bond donors (Lipinski definition) is 1. The Morgan fingerprint density at radius 1 is 1.27 bits per heavy atom. The fraction of sp³-hybridized carbons (Fsp3) is 0.611. The van der Waals surface area contributed by atoms with Crippen molar-refractivity contribution in [3.63, 3.8) is 0 Å². The van der Waals surface area contributed by atoms with Crippen molar-refractivity contribution in [3.05, 3.63) is 35.4 Å². The van der Waals surface area contributed by atoms with Crippen LogP contribution in [0.1, 0.15) is 30.4 Å². The maximum Gasteiger partial charge on any atom is 0.234 e. The SMILES string of the molecule is Cc1cccc(CNC(=O)CN2C3CC[C@@H]2CN(C)CC3)c1. The van der Waals surface area contributed by atoms with Crippen LogP contribution < -0.4 is 5.32 Å². The van der Waals surface area contributed by atoms with Gasteiger partial charge in [0.1, 0.15) is 0 Å². The summed E-state index contributed by atoms with van der Waals surface area (Å²) in [5.74, 6) is 0.156. The van der Waals surface area contributed by atoms with Crippen molar-refractivity contribution < 1.29 is 4.79 Å². The van der Waals surface area contributed by atoms with E-state index in [9.17, 15) is 4.79 Å². The molecule has 2 atom stereocenters. The zero-order chi connectivity index (χ0) is 15.5. The average Bonchev–Trinajstić information content (AvgIpc) is 2.76. The summed E-state index contributed by atoms with van der Waals surface area (Å²) in [5, 5.41) is 3.08. The molecule has 1 unspecified atom stereocenters. The third-order valence-electron chi connectivity index (χ3n) is 5.04. The van der Waals surface area contributed by atoms with Crippen molar-refractivity contribution in [1.29, 1.82) is 0 Å². The molecule has 4 heteroatoms. The predicted octanol–water partition coefficient (Wildman–Crippen LogP) is 1.78. The molecule has 0 spiro atoms. The van der Waals surface area contributed by atoms with Crippen molar-refractivity contribution in [1.82, 2.24) is 15.1 Å². The van der Waals surface area contributed by atoms with Crippen molar-refractivity contribution in [2.24, 2.45) is 0 Å². The number of nitrogens with zero attached hydrogens (tertiary/aromatic N) is 2. The van der Waals surface area contributed by atoms with Gasteiger partial charge in [-0.2, -0.15) is 0 Å². The first-order chi connectivity index (χ1) is 10.6. The second kappa shape index (κ2) is 6.80. The minimum absolute atomic E-state index is 0.156. The highest BCUT2D eigenvalue weighted by Crippen LogP contribution is 2.29. The summed E-state index contributed by atoms with van der Waals surface area (Å²) >= 11 is 0. The van der Waals surface area contributed by atoms with E-state index in [1.807, 2.05) is 6.07 Å². The van der Waals surface area contributed by atoms with Crippen molar-refractivity contribution >= 4 is 5.91 Å². The molecule has 22 heavy (non-hydrogen) atoms. The van der Waals surface area contributed by atoms with Crippen LogP contribution in [0.2, 0.25) is 0 Å². The number of benzene rings is 1. The molecule has 1 aromatic rings. The van der Waals surface area contributed by atoms with Crippen LogP contribution in [-0.4, -0.2) is 54.5 Å². The standard InChI is InChI=1S/C18H27N3O/c1-14-4-3-5-15(10-14)11-19-18(22)13-21-16-6-7-17(21)12-20(2)9-8-16/h3-5,10,16-17H,6-9,11-13H2,1-2H3,(H,19,22)/t16?,17-/m1/s1. The number of rotatable bonds is 4. The highest BCUT2D eigenvalue weighted by Gasteiger charge is 2.37. The van der Waals surface area contributed by atoms with E-state index >= 15 is 0 Å². The number of hydrogen-bond acceptors (Lipinski definition) is 3. The van der Waals surface area contributed by atoms with Gasteiger partial charge in [0.15, 0.2) is 0 Å². The molecule has 2 bridgehead atoms. The lowest BCUT2D eigenvalue weighted by molar-refractivity contribution is -0.123. The van der Waals surface area contributed by atoms with Crippen molar-refractivity contribution in [2.45, 2.75) is 44.8 Å². The van der Waals surface area contributed by atoms with Gasteiger partial charge in [-0.1, -0.05) is 29.8 Å². The largest absolute Gasteiger partial charge is 0.351 e. The van der Waals surface area contributed by atoms with Gasteiger partial charge in [0, 0.05) is 25.2 Å². The first kappa shape index (κ1) is 15.5. The first-order valence-electron chi connectivity index (χ1n) is 8.38. The Morgan fingerprint density at radius 3 is 2.91 bits per heavy atom. The van der Waals surface area contributed by atoms with Gasteiger partial charge in [-0.15, -0.1) is 0 Å². The zero-order valence-corrected chi connectivity index (χ0v) is 13.7. The molecule has 0 saturated carbocycles. The molecule has 3 rings (SSSR count). The van der Waals surface area contributed by atoms with E-state index in [1.54, 1.807) is 0 Å². The number of likely N-dealkylation sites (N-methyl/N-ethyl adjacent to an activating group) is 1. The third kappa shape index (κ3) is 3.68. The van der Waals surface area contributed by atoms with E-state index in [1.165, 1.54) is 30.4 Å². The molecule has 1 amide bonds. The summed E-state index contributed by atoms with van der Waals surface area (Å²) in [4.78, 5) is 17.2. The Kier molecular flexibility index (Phi) is 4.79. The smallest absolute Gasteiger partial charge is 0.234 e.